The molecule has 0 amide bonds. The summed E-state index contributed by atoms with van der Waals surface area (Å²) in [5.41, 5.74) is -3.91. The predicted molar refractivity (Wildman–Crippen MR) is 74.3 cm³/mol. The van der Waals surface area contributed by atoms with Crippen molar-refractivity contribution in [3.63, 3.8) is 0 Å². The highest BCUT2D eigenvalue weighted by Gasteiger charge is 2.43. The van der Waals surface area contributed by atoms with Gasteiger partial charge in [-0.2, -0.15) is 39.5 Å². The van der Waals surface area contributed by atoms with E-state index < -0.39 is 47.7 Å². The lowest BCUT2D eigenvalue weighted by atomic mass is 9.93. The number of rotatable bonds is 3. The second-order valence-corrected chi connectivity index (χ2v) is 5.92. The summed E-state index contributed by atoms with van der Waals surface area (Å²) in [5.74, 6) is 0. The Morgan fingerprint density at radius 3 is 1.92 bits per heavy atom. The third kappa shape index (κ3) is 5.26. The van der Waals surface area contributed by atoms with Crippen molar-refractivity contribution in [1.29, 1.82) is 0 Å². The van der Waals surface area contributed by atoms with E-state index in [1.54, 1.807) is 0 Å². The lowest BCUT2D eigenvalue weighted by Gasteiger charge is -2.37. The van der Waals surface area contributed by atoms with Gasteiger partial charge < -0.3 is 5.32 Å². The fourth-order valence-corrected chi connectivity index (χ4v) is 2.92. The number of alkyl halides is 9. The summed E-state index contributed by atoms with van der Waals surface area (Å²) in [4.78, 5) is 1.13. The van der Waals surface area contributed by atoms with E-state index in [4.69, 9.17) is 0 Å². The fourth-order valence-electron chi connectivity index (χ4n) is 2.92. The first-order valence-corrected chi connectivity index (χ1v) is 7.59. The molecule has 26 heavy (non-hydrogen) atoms. The van der Waals surface area contributed by atoms with E-state index in [1.807, 2.05) is 0 Å². The number of piperazine rings is 1. The zero-order valence-electron chi connectivity index (χ0n) is 13.2. The summed E-state index contributed by atoms with van der Waals surface area (Å²) in [6.45, 7) is 0.450. The van der Waals surface area contributed by atoms with Gasteiger partial charge in [0.25, 0.3) is 0 Å². The second-order valence-electron chi connectivity index (χ2n) is 5.92. The number of nitrogens with zero attached hydrogens (tertiary/aromatic N) is 1. The molecule has 0 spiro atoms. The largest absolute Gasteiger partial charge is 0.416 e. The first kappa shape index (κ1) is 20.8. The highest BCUT2D eigenvalue weighted by Crippen LogP contribution is 2.43. The SMILES string of the molecule is FC(F)(F)C[C@H](c1cc(C(F)(F)F)ccc1C(F)(F)F)N1CCNCC1. The van der Waals surface area contributed by atoms with Crippen LogP contribution >= 0.6 is 0 Å². The highest BCUT2D eigenvalue weighted by atomic mass is 19.4. The van der Waals surface area contributed by atoms with Crippen LogP contribution in [0.15, 0.2) is 18.2 Å². The minimum atomic E-state index is -5.07. The van der Waals surface area contributed by atoms with Crippen molar-refractivity contribution < 1.29 is 39.5 Å². The molecule has 0 radical (unpaired) electrons. The minimum absolute atomic E-state index is 0.00567. The Morgan fingerprint density at radius 2 is 1.46 bits per heavy atom. The fraction of sp³-hybridized carbons (Fsp3) is 0.600. The molecule has 2 rings (SSSR count). The molecule has 1 aromatic rings. The van der Waals surface area contributed by atoms with Gasteiger partial charge in [-0.25, -0.2) is 0 Å². The van der Waals surface area contributed by atoms with Crippen molar-refractivity contribution in [2.75, 3.05) is 26.2 Å². The van der Waals surface area contributed by atoms with Crippen molar-refractivity contribution in [2.45, 2.75) is 31.0 Å². The van der Waals surface area contributed by atoms with E-state index in [0.717, 1.165) is 4.90 Å². The van der Waals surface area contributed by atoms with Crippen molar-refractivity contribution >= 4 is 0 Å². The van der Waals surface area contributed by atoms with Gasteiger partial charge in [0.15, 0.2) is 0 Å². The third-order valence-electron chi connectivity index (χ3n) is 4.06. The lowest BCUT2D eigenvalue weighted by Crippen LogP contribution is -2.46. The summed E-state index contributed by atoms with van der Waals surface area (Å²) < 4.78 is 117. The molecule has 148 valence electrons. The van der Waals surface area contributed by atoms with Gasteiger partial charge >= 0.3 is 18.5 Å². The summed E-state index contributed by atoms with van der Waals surface area (Å²) in [7, 11) is 0. The second kappa shape index (κ2) is 7.26. The topological polar surface area (TPSA) is 15.3 Å². The van der Waals surface area contributed by atoms with Crippen LogP contribution in [-0.2, 0) is 12.4 Å². The number of nitrogens with one attached hydrogen (secondary N) is 1. The Labute approximate surface area is 143 Å². The van der Waals surface area contributed by atoms with Crippen molar-refractivity contribution in [1.82, 2.24) is 10.2 Å². The number of halogens is 9. The number of benzene rings is 1. The van der Waals surface area contributed by atoms with Crippen LogP contribution in [0, 0.1) is 0 Å². The van der Waals surface area contributed by atoms with Gasteiger partial charge in [-0.1, -0.05) is 0 Å². The lowest BCUT2D eigenvalue weighted by molar-refractivity contribution is -0.153. The molecule has 2 nitrogen and oxygen atoms in total. The van der Waals surface area contributed by atoms with Crippen LogP contribution < -0.4 is 5.32 Å². The van der Waals surface area contributed by atoms with E-state index in [0.29, 0.717) is 0 Å². The monoisotopic (exact) mass is 394 g/mol. The van der Waals surface area contributed by atoms with Gasteiger partial charge in [0.2, 0.25) is 0 Å². The van der Waals surface area contributed by atoms with E-state index in [1.165, 1.54) is 0 Å². The maximum Gasteiger partial charge on any atom is 0.416 e. The Bertz CT molecular complexity index is 613. The van der Waals surface area contributed by atoms with E-state index in [-0.39, 0.29) is 44.4 Å². The van der Waals surface area contributed by atoms with Crippen LogP contribution in [0.2, 0.25) is 0 Å². The van der Waals surface area contributed by atoms with Crippen molar-refractivity contribution in [3.05, 3.63) is 34.9 Å². The minimum Gasteiger partial charge on any atom is -0.314 e. The van der Waals surface area contributed by atoms with Crippen molar-refractivity contribution in [3.8, 4) is 0 Å². The quantitative estimate of drug-likeness (QED) is 0.753. The van der Waals surface area contributed by atoms with E-state index in [9.17, 15) is 39.5 Å². The normalized spacial score (nSPS) is 18.8. The van der Waals surface area contributed by atoms with E-state index >= 15 is 0 Å². The Morgan fingerprint density at radius 1 is 0.885 bits per heavy atom. The molecule has 1 saturated heterocycles. The van der Waals surface area contributed by atoms with Crippen LogP contribution in [-0.4, -0.2) is 37.3 Å². The van der Waals surface area contributed by atoms with Gasteiger partial charge in [0.05, 0.1) is 17.5 Å². The molecule has 1 heterocycles. The van der Waals surface area contributed by atoms with E-state index in [2.05, 4.69) is 5.32 Å². The van der Waals surface area contributed by atoms with Gasteiger partial charge in [-0.3, -0.25) is 4.90 Å². The molecule has 0 saturated carbocycles. The zero-order chi connectivity index (χ0) is 19.8. The molecule has 11 heteroatoms. The highest BCUT2D eigenvalue weighted by molar-refractivity contribution is 5.38. The van der Waals surface area contributed by atoms with Crippen molar-refractivity contribution in [2.24, 2.45) is 0 Å². The number of hydrogen-bond donors (Lipinski definition) is 1. The van der Waals surface area contributed by atoms with Gasteiger partial charge in [0.1, 0.15) is 0 Å². The van der Waals surface area contributed by atoms with Crippen LogP contribution in [0.4, 0.5) is 39.5 Å². The molecule has 1 N–H and O–H groups in total. The Kier molecular flexibility index (Phi) is 5.81. The summed E-state index contributed by atoms with van der Waals surface area (Å²) >= 11 is 0. The molecule has 0 unspecified atom stereocenters. The number of hydrogen-bond acceptors (Lipinski definition) is 2. The molecular formula is C15H15F9N2. The average Bonchev–Trinajstić information content (AvgIpc) is 2.50. The summed E-state index contributed by atoms with van der Waals surface area (Å²) in [5, 5.41) is 2.84. The molecule has 1 fully saturated rings. The Balaban J connectivity index is 2.59. The average molecular weight is 394 g/mol. The first-order chi connectivity index (χ1) is 11.8. The zero-order valence-corrected chi connectivity index (χ0v) is 13.2. The predicted octanol–water partition coefficient (Wildman–Crippen LogP) is 4.62. The third-order valence-corrected chi connectivity index (χ3v) is 4.06. The summed E-state index contributed by atoms with van der Waals surface area (Å²) in [6, 6.07) is -1.24. The standard InChI is InChI=1S/C15H15F9N2/c16-13(17,18)8-12(26-5-3-25-4-6-26)10-7-9(14(19,20)21)1-2-11(10)15(22,23)24/h1-2,7,12,25H,3-6,8H2/t12-/m1/s1. The summed E-state index contributed by atoms with van der Waals surface area (Å²) in [6.07, 6.45) is -16.5. The van der Waals surface area contributed by atoms with Crippen LogP contribution in [0.3, 0.4) is 0 Å². The van der Waals surface area contributed by atoms with Gasteiger partial charge in [0, 0.05) is 32.2 Å². The first-order valence-electron chi connectivity index (χ1n) is 7.59. The molecule has 1 aromatic carbocycles. The van der Waals surface area contributed by atoms with Crippen LogP contribution in [0.25, 0.3) is 0 Å². The van der Waals surface area contributed by atoms with Gasteiger partial charge in [-0.15, -0.1) is 0 Å². The molecule has 1 aliphatic rings. The Hall–Kier alpha value is -1.49. The molecular weight excluding hydrogens is 379 g/mol. The molecule has 0 bridgehead atoms. The maximum absolute atomic E-state index is 13.2. The van der Waals surface area contributed by atoms with Gasteiger partial charge in [-0.05, 0) is 23.8 Å². The van der Waals surface area contributed by atoms with Crippen LogP contribution in [0.1, 0.15) is 29.2 Å². The van der Waals surface area contributed by atoms with Crippen LogP contribution in [0.5, 0.6) is 0 Å². The molecule has 1 aliphatic heterocycles. The molecule has 0 aliphatic carbocycles. The molecule has 1 atom stereocenters. The maximum atomic E-state index is 13.2. The molecule has 0 aromatic heterocycles. The smallest absolute Gasteiger partial charge is 0.314 e.